The van der Waals surface area contributed by atoms with E-state index in [1.54, 1.807) is 19.2 Å². The lowest BCUT2D eigenvalue weighted by molar-refractivity contribution is -0.384. The molecule has 0 radical (unpaired) electrons. The van der Waals surface area contributed by atoms with Crippen molar-refractivity contribution in [3.63, 3.8) is 0 Å². The lowest BCUT2D eigenvalue weighted by Gasteiger charge is -2.25. The molecule has 1 unspecified atom stereocenters. The molecule has 2 aliphatic rings. The van der Waals surface area contributed by atoms with Crippen molar-refractivity contribution in [1.29, 1.82) is 0 Å². The van der Waals surface area contributed by atoms with Gasteiger partial charge in [-0.1, -0.05) is 54.2 Å². The Hall–Kier alpha value is -4.51. The second kappa shape index (κ2) is 10.9. The molecule has 10 nitrogen and oxygen atoms in total. The Morgan fingerprint density at radius 3 is 2.61 bits per heavy atom. The van der Waals surface area contributed by atoms with Crippen molar-refractivity contribution in [2.45, 2.75) is 24.8 Å². The molecule has 0 saturated carbocycles. The molecule has 192 valence electrons. The summed E-state index contributed by atoms with van der Waals surface area (Å²) in [5.41, 5.74) is 3.09. The number of amidine groups is 2. The first-order chi connectivity index (χ1) is 18.4. The fourth-order valence-corrected chi connectivity index (χ4v) is 5.14. The van der Waals surface area contributed by atoms with E-state index in [1.807, 2.05) is 48.5 Å². The normalized spacial score (nSPS) is 15.8. The average molecular weight is 530 g/mol. The molecule has 0 aromatic heterocycles. The number of non-ortho nitro benzene ring substituents is 1. The van der Waals surface area contributed by atoms with E-state index in [2.05, 4.69) is 15.3 Å². The highest BCUT2D eigenvalue weighted by Crippen LogP contribution is 2.35. The van der Waals surface area contributed by atoms with Crippen LogP contribution >= 0.6 is 11.8 Å². The number of methoxy groups -OCH3 is 1. The number of benzene rings is 3. The van der Waals surface area contributed by atoms with Gasteiger partial charge in [-0.3, -0.25) is 24.7 Å². The van der Waals surface area contributed by atoms with E-state index in [1.165, 1.54) is 28.8 Å². The first-order valence-electron chi connectivity index (χ1n) is 11.8. The van der Waals surface area contributed by atoms with Gasteiger partial charge < -0.3 is 10.1 Å². The Morgan fingerprint density at radius 1 is 1.11 bits per heavy atom. The Bertz CT molecular complexity index is 1470. The number of aliphatic imine (C=N–C) groups is 2. The van der Waals surface area contributed by atoms with Gasteiger partial charge >= 0.3 is 0 Å². The second-order valence-corrected chi connectivity index (χ2v) is 9.50. The molecule has 2 amide bonds. The molecule has 2 aliphatic heterocycles. The van der Waals surface area contributed by atoms with Crippen molar-refractivity contribution >= 4 is 46.0 Å². The monoisotopic (exact) mass is 529 g/mol. The van der Waals surface area contributed by atoms with Crippen molar-refractivity contribution in [3.8, 4) is 5.75 Å². The third-order valence-corrected chi connectivity index (χ3v) is 7.12. The maximum Gasteiger partial charge on any atom is 0.269 e. The molecular weight excluding hydrogens is 506 g/mol. The van der Waals surface area contributed by atoms with Crippen LogP contribution in [0.5, 0.6) is 5.75 Å². The Labute approximate surface area is 222 Å². The number of hydrogen-bond donors (Lipinski definition) is 1. The van der Waals surface area contributed by atoms with E-state index in [0.29, 0.717) is 28.2 Å². The first kappa shape index (κ1) is 25.2. The summed E-state index contributed by atoms with van der Waals surface area (Å²) in [5.74, 6) is 0.958. The van der Waals surface area contributed by atoms with Crippen LogP contribution in [-0.2, 0) is 21.9 Å². The second-order valence-electron chi connectivity index (χ2n) is 8.56. The molecular formula is C27H23N5O5S. The van der Waals surface area contributed by atoms with Gasteiger partial charge in [-0.15, -0.1) is 0 Å². The van der Waals surface area contributed by atoms with E-state index in [-0.39, 0.29) is 30.5 Å². The summed E-state index contributed by atoms with van der Waals surface area (Å²) < 4.78 is 5.33. The zero-order valence-electron chi connectivity index (χ0n) is 20.4. The fraction of sp³-hybridized carbons (Fsp3) is 0.185. The number of carbonyl (C=O) groups excluding carboxylic acids is 2. The largest absolute Gasteiger partial charge is 0.496 e. The van der Waals surface area contributed by atoms with Crippen LogP contribution in [0.4, 0.5) is 11.4 Å². The van der Waals surface area contributed by atoms with Crippen molar-refractivity contribution in [1.82, 2.24) is 10.2 Å². The van der Waals surface area contributed by atoms with Gasteiger partial charge in [-0.25, -0.2) is 9.89 Å². The molecule has 0 aliphatic carbocycles. The number of nitrogens with zero attached hydrogens (tertiary/aromatic N) is 4. The standard InChI is InChI=1S/C27H23N5O5S/c1-37-23-9-5-2-6-18(23)15-28-24(33)14-22-26(34)31-25(29-22)20-7-3-4-8-21(20)30-27(31)38-16-17-10-12-19(13-11-17)32(35)36/h2-13,22H,14-16H2,1H3,(H,28,33). The highest BCUT2D eigenvalue weighted by molar-refractivity contribution is 8.13. The number of fused-ring (bicyclic) bond motifs is 3. The van der Waals surface area contributed by atoms with Gasteiger partial charge in [0.2, 0.25) is 5.91 Å². The van der Waals surface area contributed by atoms with Crippen LogP contribution < -0.4 is 10.1 Å². The van der Waals surface area contributed by atoms with Gasteiger partial charge in [0.25, 0.3) is 11.6 Å². The highest BCUT2D eigenvalue weighted by Gasteiger charge is 2.42. The number of thioether (sulfide) groups is 1. The number of nitro benzene ring substituents is 1. The molecule has 38 heavy (non-hydrogen) atoms. The molecule has 0 spiro atoms. The molecule has 3 aromatic carbocycles. The highest BCUT2D eigenvalue weighted by atomic mass is 32.2. The van der Waals surface area contributed by atoms with Crippen molar-refractivity contribution in [2.75, 3.05) is 7.11 Å². The van der Waals surface area contributed by atoms with Gasteiger partial charge in [-0.05, 0) is 23.8 Å². The molecule has 1 atom stereocenters. The Balaban J connectivity index is 1.31. The summed E-state index contributed by atoms with van der Waals surface area (Å²) >= 11 is 1.33. The van der Waals surface area contributed by atoms with Crippen LogP contribution in [0.25, 0.3) is 0 Å². The van der Waals surface area contributed by atoms with E-state index in [9.17, 15) is 19.7 Å². The zero-order chi connectivity index (χ0) is 26.6. The first-order valence-corrected chi connectivity index (χ1v) is 12.8. The topological polar surface area (TPSA) is 126 Å². The van der Waals surface area contributed by atoms with E-state index < -0.39 is 11.0 Å². The van der Waals surface area contributed by atoms with Gasteiger partial charge in [-0.2, -0.15) is 0 Å². The molecule has 0 bridgehead atoms. The van der Waals surface area contributed by atoms with Gasteiger partial charge in [0.15, 0.2) is 5.17 Å². The number of amides is 2. The summed E-state index contributed by atoms with van der Waals surface area (Å²) in [4.78, 5) is 47.5. The minimum atomic E-state index is -0.876. The van der Waals surface area contributed by atoms with Crippen molar-refractivity contribution in [2.24, 2.45) is 9.98 Å². The van der Waals surface area contributed by atoms with Crippen LogP contribution in [0.3, 0.4) is 0 Å². The number of nitrogens with one attached hydrogen (secondary N) is 1. The van der Waals surface area contributed by atoms with Crippen molar-refractivity contribution < 1.29 is 19.2 Å². The van der Waals surface area contributed by atoms with E-state index >= 15 is 0 Å². The molecule has 3 aromatic rings. The minimum absolute atomic E-state index is 0.0126. The summed E-state index contributed by atoms with van der Waals surface area (Å²) in [7, 11) is 1.57. The van der Waals surface area contributed by atoms with Gasteiger partial charge in [0.1, 0.15) is 17.6 Å². The summed E-state index contributed by atoms with van der Waals surface area (Å²) in [5, 5.41) is 14.2. The minimum Gasteiger partial charge on any atom is -0.496 e. The maximum absolute atomic E-state index is 13.4. The fourth-order valence-electron chi connectivity index (χ4n) is 4.18. The van der Waals surface area contributed by atoms with Crippen LogP contribution in [0.1, 0.15) is 23.1 Å². The number of ether oxygens (including phenoxy) is 1. The van der Waals surface area contributed by atoms with Crippen LogP contribution in [0.15, 0.2) is 82.8 Å². The molecule has 1 N–H and O–H groups in total. The van der Waals surface area contributed by atoms with Crippen LogP contribution in [0.2, 0.25) is 0 Å². The van der Waals surface area contributed by atoms with Crippen LogP contribution in [-0.4, -0.2) is 45.8 Å². The molecule has 2 heterocycles. The number of nitro groups is 1. The third-order valence-electron chi connectivity index (χ3n) is 6.11. The smallest absolute Gasteiger partial charge is 0.269 e. The quantitative estimate of drug-likeness (QED) is 0.344. The van der Waals surface area contributed by atoms with E-state index in [4.69, 9.17) is 4.74 Å². The average Bonchev–Trinajstić information content (AvgIpc) is 3.26. The van der Waals surface area contributed by atoms with Crippen LogP contribution in [0, 0.1) is 10.1 Å². The molecule has 11 heteroatoms. The number of hydrogen-bond acceptors (Lipinski definition) is 8. The predicted octanol–water partition coefficient (Wildman–Crippen LogP) is 4.20. The molecule has 0 fully saturated rings. The summed E-state index contributed by atoms with van der Waals surface area (Å²) in [6.45, 7) is 0.269. The lowest BCUT2D eigenvalue weighted by Crippen LogP contribution is -2.42. The van der Waals surface area contributed by atoms with Gasteiger partial charge in [0.05, 0.1) is 24.1 Å². The predicted molar refractivity (Wildman–Crippen MR) is 145 cm³/mol. The lowest BCUT2D eigenvalue weighted by atomic mass is 10.1. The van der Waals surface area contributed by atoms with E-state index in [0.717, 1.165) is 16.7 Å². The Kier molecular flexibility index (Phi) is 7.18. The van der Waals surface area contributed by atoms with Crippen molar-refractivity contribution in [3.05, 3.63) is 99.6 Å². The third kappa shape index (κ3) is 5.14. The summed E-state index contributed by atoms with van der Waals surface area (Å²) in [6, 6.07) is 20.2. The summed E-state index contributed by atoms with van der Waals surface area (Å²) in [6.07, 6.45) is -0.101. The number of para-hydroxylation sites is 2. The number of carbonyl (C=O) groups is 2. The number of rotatable bonds is 8. The Morgan fingerprint density at radius 2 is 1.84 bits per heavy atom. The SMILES string of the molecule is COc1ccccc1CNC(=O)CC1N=C2c3ccccc3N=C(SCc3ccc([N+](=O)[O-])cc3)N2C1=O. The maximum atomic E-state index is 13.4. The van der Waals surface area contributed by atoms with Gasteiger partial charge in [0, 0.05) is 35.6 Å². The molecule has 0 saturated heterocycles. The zero-order valence-corrected chi connectivity index (χ0v) is 21.2. The molecule has 5 rings (SSSR count).